The zero-order valence-electron chi connectivity index (χ0n) is 11.2. The van der Waals surface area contributed by atoms with Crippen LogP contribution in [0, 0.1) is 5.92 Å². The molecule has 0 bridgehead atoms. The predicted molar refractivity (Wildman–Crippen MR) is 76.6 cm³/mol. The Hall–Kier alpha value is -1.53. The molecular weight excluding hydrogens is 280 g/mol. The third-order valence-corrected chi connectivity index (χ3v) is 3.14. The lowest BCUT2D eigenvalue weighted by Crippen LogP contribution is -2.33. The van der Waals surface area contributed by atoms with Gasteiger partial charge < -0.3 is 14.6 Å². The molecule has 0 fully saturated rings. The Kier molecular flexibility index (Phi) is 7.11. The zero-order valence-corrected chi connectivity index (χ0v) is 12.1. The molecule has 6 heteroatoms. The Bertz CT molecular complexity index is 434. The fourth-order valence-electron chi connectivity index (χ4n) is 1.34. The van der Waals surface area contributed by atoms with Crippen LogP contribution in [-0.4, -0.2) is 35.5 Å². The molecule has 110 valence electrons. The molecule has 0 saturated carbocycles. The maximum absolute atomic E-state index is 11.5. The summed E-state index contributed by atoms with van der Waals surface area (Å²) in [5.41, 5.74) is 0.923. The number of carboxylic acid groups (broad SMARTS) is 1. The number of esters is 1. The van der Waals surface area contributed by atoms with E-state index in [1.807, 2.05) is 30.3 Å². The molecule has 0 aliphatic heterocycles. The molecular formula is C14H18O5S. The largest absolute Gasteiger partial charge is 0.478 e. The van der Waals surface area contributed by atoms with Gasteiger partial charge in [-0.1, -0.05) is 37.3 Å². The summed E-state index contributed by atoms with van der Waals surface area (Å²) in [5.74, 6) is -1.96. The van der Waals surface area contributed by atoms with Crippen molar-refractivity contribution >= 4 is 24.6 Å². The van der Waals surface area contributed by atoms with Gasteiger partial charge in [-0.05, 0) is 5.56 Å². The van der Waals surface area contributed by atoms with Crippen LogP contribution in [0.15, 0.2) is 30.3 Å². The van der Waals surface area contributed by atoms with Crippen molar-refractivity contribution in [3.05, 3.63) is 35.9 Å². The average Bonchev–Trinajstić information content (AvgIpc) is 2.46. The van der Waals surface area contributed by atoms with Crippen molar-refractivity contribution < 1.29 is 24.2 Å². The van der Waals surface area contributed by atoms with E-state index in [2.05, 4.69) is 12.6 Å². The monoisotopic (exact) mass is 298 g/mol. The van der Waals surface area contributed by atoms with Crippen molar-refractivity contribution in [2.45, 2.75) is 19.6 Å². The maximum atomic E-state index is 11.5. The van der Waals surface area contributed by atoms with Crippen LogP contribution in [-0.2, 0) is 25.7 Å². The number of hydrogen-bond donors (Lipinski definition) is 2. The standard InChI is InChI=1S/C14H18O5S/c1-10(9-20)14(17)19-12(13(15)16)8-18-7-11-5-3-2-4-6-11/h2-6,10,12,20H,7-9H2,1H3,(H,15,16)/t10-,12?/m1/s1. The average molecular weight is 298 g/mol. The van der Waals surface area contributed by atoms with Crippen LogP contribution in [0.5, 0.6) is 0 Å². The quantitative estimate of drug-likeness (QED) is 0.565. The van der Waals surface area contributed by atoms with E-state index in [4.69, 9.17) is 14.6 Å². The van der Waals surface area contributed by atoms with Crippen LogP contribution >= 0.6 is 12.6 Å². The highest BCUT2D eigenvalue weighted by molar-refractivity contribution is 7.80. The molecule has 0 aliphatic carbocycles. The molecule has 1 aromatic carbocycles. The fraction of sp³-hybridized carbons (Fsp3) is 0.429. The molecule has 2 atom stereocenters. The normalized spacial score (nSPS) is 13.5. The first-order valence-electron chi connectivity index (χ1n) is 6.20. The van der Waals surface area contributed by atoms with Gasteiger partial charge in [0.2, 0.25) is 6.10 Å². The molecule has 1 rings (SSSR count). The van der Waals surface area contributed by atoms with Crippen LogP contribution in [0.25, 0.3) is 0 Å². The first kappa shape index (κ1) is 16.5. The third-order valence-electron chi connectivity index (χ3n) is 2.59. The van der Waals surface area contributed by atoms with Crippen LogP contribution in [0.4, 0.5) is 0 Å². The summed E-state index contributed by atoms with van der Waals surface area (Å²) < 4.78 is 10.2. The lowest BCUT2D eigenvalue weighted by Gasteiger charge is -2.16. The second-order valence-corrected chi connectivity index (χ2v) is 4.71. The van der Waals surface area contributed by atoms with E-state index in [1.165, 1.54) is 0 Å². The van der Waals surface area contributed by atoms with Crippen molar-refractivity contribution in [2.75, 3.05) is 12.4 Å². The van der Waals surface area contributed by atoms with Gasteiger partial charge in [0.05, 0.1) is 19.1 Å². The summed E-state index contributed by atoms with van der Waals surface area (Å²) in [7, 11) is 0. The van der Waals surface area contributed by atoms with Gasteiger partial charge in [0.15, 0.2) is 0 Å². The lowest BCUT2D eigenvalue weighted by atomic mass is 10.2. The molecule has 20 heavy (non-hydrogen) atoms. The van der Waals surface area contributed by atoms with Crippen molar-refractivity contribution in [2.24, 2.45) is 5.92 Å². The molecule has 0 spiro atoms. The van der Waals surface area contributed by atoms with Gasteiger partial charge >= 0.3 is 11.9 Å². The molecule has 0 saturated heterocycles. The Morgan fingerprint density at radius 3 is 2.50 bits per heavy atom. The molecule has 0 radical (unpaired) electrons. The molecule has 0 heterocycles. The molecule has 1 unspecified atom stereocenters. The van der Waals surface area contributed by atoms with E-state index in [-0.39, 0.29) is 13.2 Å². The highest BCUT2D eigenvalue weighted by Gasteiger charge is 2.25. The Morgan fingerprint density at radius 1 is 1.30 bits per heavy atom. The summed E-state index contributed by atoms with van der Waals surface area (Å²) in [5, 5.41) is 9.00. The number of carboxylic acids is 1. The van der Waals surface area contributed by atoms with Crippen molar-refractivity contribution in [1.29, 1.82) is 0 Å². The van der Waals surface area contributed by atoms with Gasteiger partial charge in [0.1, 0.15) is 0 Å². The smallest absolute Gasteiger partial charge is 0.347 e. The summed E-state index contributed by atoms with van der Waals surface area (Å²) in [6, 6.07) is 9.34. The zero-order chi connectivity index (χ0) is 15.0. The number of thiol groups is 1. The molecule has 1 N–H and O–H groups in total. The fourth-order valence-corrected chi connectivity index (χ4v) is 1.49. The minimum absolute atomic E-state index is 0.185. The van der Waals surface area contributed by atoms with E-state index >= 15 is 0 Å². The number of hydrogen-bond acceptors (Lipinski definition) is 5. The van der Waals surface area contributed by atoms with Crippen molar-refractivity contribution in [3.63, 3.8) is 0 Å². The lowest BCUT2D eigenvalue weighted by molar-refractivity contribution is -0.170. The van der Waals surface area contributed by atoms with Crippen LogP contribution in [0.1, 0.15) is 12.5 Å². The summed E-state index contributed by atoms with van der Waals surface area (Å²) >= 11 is 3.97. The molecule has 0 aromatic heterocycles. The van der Waals surface area contributed by atoms with Gasteiger partial charge in [0, 0.05) is 5.75 Å². The van der Waals surface area contributed by atoms with Gasteiger partial charge in [-0.15, -0.1) is 0 Å². The van der Waals surface area contributed by atoms with Gasteiger partial charge in [-0.3, -0.25) is 4.79 Å². The Morgan fingerprint density at radius 2 is 1.95 bits per heavy atom. The first-order valence-corrected chi connectivity index (χ1v) is 6.83. The van der Waals surface area contributed by atoms with Crippen LogP contribution in [0.3, 0.4) is 0 Å². The van der Waals surface area contributed by atoms with Crippen molar-refractivity contribution in [1.82, 2.24) is 0 Å². The number of ether oxygens (including phenoxy) is 2. The van der Waals surface area contributed by atoms with Crippen molar-refractivity contribution in [3.8, 4) is 0 Å². The first-order chi connectivity index (χ1) is 9.54. The predicted octanol–water partition coefficient (Wildman–Crippen LogP) is 1.77. The van der Waals surface area contributed by atoms with E-state index in [0.717, 1.165) is 5.56 Å². The number of rotatable bonds is 8. The summed E-state index contributed by atoms with van der Waals surface area (Å²) in [6.45, 7) is 1.71. The Labute approximate surface area is 123 Å². The maximum Gasteiger partial charge on any atom is 0.347 e. The Balaban J connectivity index is 2.43. The number of carbonyl (C=O) groups is 2. The summed E-state index contributed by atoms with van der Waals surface area (Å²) in [4.78, 5) is 22.5. The van der Waals surface area contributed by atoms with E-state index < -0.39 is 24.0 Å². The van der Waals surface area contributed by atoms with E-state index in [0.29, 0.717) is 5.75 Å². The highest BCUT2D eigenvalue weighted by Crippen LogP contribution is 2.06. The van der Waals surface area contributed by atoms with Crippen LogP contribution in [0.2, 0.25) is 0 Å². The van der Waals surface area contributed by atoms with Gasteiger partial charge in [-0.25, -0.2) is 4.79 Å². The van der Waals surface area contributed by atoms with E-state index in [1.54, 1.807) is 6.92 Å². The molecule has 1 aromatic rings. The second-order valence-electron chi connectivity index (χ2n) is 4.35. The number of benzene rings is 1. The minimum Gasteiger partial charge on any atom is -0.478 e. The van der Waals surface area contributed by atoms with Gasteiger partial charge in [0.25, 0.3) is 0 Å². The minimum atomic E-state index is -1.30. The SMILES string of the molecule is C[C@H](CS)C(=O)OC(COCc1ccccc1)C(=O)O. The number of aliphatic carboxylic acids is 1. The summed E-state index contributed by atoms with van der Waals surface area (Å²) in [6.07, 6.45) is -1.30. The molecule has 5 nitrogen and oxygen atoms in total. The molecule has 0 amide bonds. The van der Waals surface area contributed by atoms with Crippen LogP contribution < -0.4 is 0 Å². The number of carbonyl (C=O) groups excluding carboxylic acids is 1. The topological polar surface area (TPSA) is 72.8 Å². The van der Waals surface area contributed by atoms with Gasteiger partial charge in [-0.2, -0.15) is 12.6 Å². The molecule has 0 aliphatic rings. The second kappa shape index (κ2) is 8.60. The third kappa shape index (κ3) is 5.63. The van der Waals surface area contributed by atoms with E-state index in [9.17, 15) is 9.59 Å². The highest BCUT2D eigenvalue weighted by atomic mass is 32.1.